The van der Waals surface area contributed by atoms with E-state index < -0.39 is 32.5 Å². The molecule has 0 aliphatic carbocycles. The molecule has 0 radical (unpaired) electrons. The van der Waals surface area contributed by atoms with Gasteiger partial charge in [0.1, 0.15) is 0 Å². The first-order valence-electron chi connectivity index (χ1n) is 3.02. The summed E-state index contributed by atoms with van der Waals surface area (Å²) < 4.78 is 73.0. The molecule has 0 aromatic rings. The Morgan fingerprint density at radius 1 is 0.867 bits per heavy atom. The summed E-state index contributed by atoms with van der Waals surface area (Å²) in [4.78, 5) is 6.99. The first-order valence-corrected chi connectivity index (χ1v) is 3.78. The minimum absolute atomic E-state index is 0.704. The molecule has 0 bridgehead atoms. The van der Waals surface area contributed by atoms with Crippen LogP contribution in [0.4, 0.5) is 26.3 Å². The van der Waals surface area contributed by atoms with Crippen molar-refractivity contribution < 1.29 is 35.8 Å². The first-order chi connectivity index (χ1) is 6.70. The normalized spacial score (nSPS) is 7.80. The second kappa shape index (κ2) is 13.1. The van der Waals surface area contributed by atoms with Crippen LogP contribution in [0.25, 0.3) is 0 Å². The Hall–Kier alpha value is -0.880. The van der Waals surface area contributed by atoms with E-state index >= 15 is 0 Å². The minimum atomic E-state index is -2.24. The quantitative estimate of drug-likeness (QED) is 0.516. The Morgan fingerprint density at radius 2 is 0.933 bits per heavy atom. The summed E-state index contributed by atoms with van der Waals surface area (Å²) in [5.74, 6) is -2.81. The van der Waals surface area contributed by atoms with Crippen LogP contribution >= 0.6 is 8.69 Å². The molecule has 1 N–H and O–H groups in total. The van der Waals surface area contributed by atoms with Crippen molar-refractivity contribution in [2.75, 3.05) is 0 Å². The van der Waals surface area contributed by atoms with Gasteiger partial charge in [-0.1, -0.05) is 0 Å². The zero-order valence-corrected chi connectivity index (χ0v) is 8.46. The standard InChI is InChI=1S/2C3H3F3.HO2P/c2*1-2(4)3(5)6;1-3-2/h2*1H3;(H,1,2). The van der Waals surface area contributed by atoms with E-state index in [1.165, 1.54) is 0 Å². The molecule has 0 heterocycles. The monoisotopic (exact) mass is 256 g/mol. The molecule has 9 heteroatoms. The molecule has 0 aromatic carbocycles. The third-order valence-electron chi connectivity index (χ3n) is 0.521. The van der Waals surface area contributed by atoms with Gasteiger partial charge < -0.3 is 4.89 Å². The molecule has 0 spiro atoms. The van der Waals surface area contributed by atoms with Gasteiger partial charge in [0.25, 0.3) is 0 Å². The van der Waals surface area contributed by atoms with E-state index in [4.69, 9.17) is 9.46 Å². The van der Waals surface area contributed by atoms with Crippen LogP contribution in [-0.4, -0.2) is 4.89 Å². The van der Waals surface area contributed by atoms with Gasteiger partial charge in [-0.15, -0.1) is 0 Å². The van der Waals surface area contributed by atoms with E-state index in [2.05, 4.69) is 0 Å². The predicted octanol–water partition coefficient (Wildman–Crippen LogP) is 4.35. The van der Waals surface area contributed by atoms with E-state index in [9.17, 15) is 26.3 Å². The van der Waals surface area contributed by atoms with Crippen LogP contribution in [0.5, 0.6) is 0 Å². The van der Waals surface area contributed by atoms with Crippen molar-refractivity contribution in [3.8, 4) is 0 Å². The maximum atomic E-state index is 11.0. The van der Waals surface area contributed by atoms with Crippen LogP contribution in [0, 0.1) is 0 Å². The molecule has 0 rings (SSSR count). The molecule has 2 nitrogen and oxygen atoms in total. The topological polar surface area (TPSA) is 37.3 Å². The fraction of sp³-hybridized carbons (Fsp3) is 0.333. The van der Waals surface area contributed by atoms with Crippen LogP contribution in [0.15, 0.2) is 23.8 Å². The smallest absolute Gasteiger partial charge is 0.310 e. The number of hydrogen-bond acceptors (Lipinski definition) is 1. The Kier molecular flexibility index (Phi) is 17.2. The lowest BCUT2D eigenvalue weighted by Gasteiger charge is -1.73. The summed E-state index contributed by atoms with van der Waals surface area (Å²) in [6.07, 6.45) is -4.48. The van der Waals surface area contributed by atoms with Gasteiger partial charge in [-0.3, -0.25) is 0 Å². The average Bonchev–Trinajstić information content (AvgIpc) is 2.06. The number of rotatable bonds is 0. The summed E-state index contributed by atoms with van der Waals surface area (Å²) in [7, 11) is -0.833. The van der Waals surface area contributed by atoms with E-state index in [0.717, 1.165) is 0 Å². The molecule has 0 unspecified atom stereocenters. The van der Waals surface area contributed by atoms with Gasteiger partial charge in [-0.2, -0.15) is 17.6 Å². The SMILES string of the molecule is CC(F)=C(F)F.CC(F)=C(F)F.O=PO. The van der Waals surface area contributed by atoms with Crippen molar-refractivity contribution in [2.45, 2.75) is 13.8 Å². The first kappa shape index (κ1) is 19.7. The third kappa shape index (κ3) is 32.0. The predicted molar refractivity (Wildman–Crippen MR) is 41.9 cm³/mol. The summed E-state index contributed by atoms with van der Waals surface area (Å²) in [5.41, 5.74) is 0. The Bertz CT molecular complexity index is 182. The Morgan fingerprint density at radius 3 is 0.933 bits per heavy atom. The minimum Gasteiger partial charge on any atom is -0.310 e. The van der Waals surface area contributed by atoms with Crippen LogP contribution in [0.1, 0.15) is 13.8 Å². The van der Waals surface area contributed by atoms with Gasteiger partial charge in [0.2, 0.25) is 0 Å². The number of halogens is 6. The average molecular weight is 256 g/mol. The molecule has 90 valence electrons. The second-order valence-electron chi connectivity index (χ2n) is 1.67. The highest BCUT2D eigenvalue weighted by molar-refractivity contribution is 7.16. The summed E-state index contributed by atoms with van der Waals surface area (Å²) in [6.45, 7) is 1.41. The van der Waals surface area contributed by atoms with E-state index in [0.29, 0.717) is 13.8 Å². The molecular weight excluding hydrogens is 249 g/mol. The highest BCUT2D eigenvalue weighted by Crippen LogP contribution is 2.06. The van der Waals surface area contributed by atoms with Gasteiger partial charge in [-0.05, 0) is 13.8 Å². The summed E-state index contributed by atoms with van der Waals surface area (Å²) >= 11 is 0. The Labute approximate surface area is 83.2 Å². The maximum absolute atomic E-state index is 11.0. The maximum Gasteiger partial charge on any atom is 0.324 e. The zero-order chi connectivity index (χ0) is 13.0. The van der Waals surface area contributed by atoms with E-state index in [-0.39, 0.29) is 0 Å². The van der Waals surface area contributed by atoms with Gasteiger partial charge in [0.15, 0.2) is 11.7 Å². The van der Waals surface area contributed by atoms with Crippen molar-refractivity contribution in [3.63, 3.8) is 0 Å². The number of hydrogen-bond donors (Lipinski definition) is 1. The molecule has 0 atom stereocenters. The Balaban J connectivity index is -0.000000153. The van der Waals surface area contributed by atoms with Crippen molar-refractivity contribution >= 4 is 8.69 Å². The van der Waals surface area contributed by atoms with E-state index in [1.807, 2.05) is 0 Å². The van der Waals surface area contributed by atoms with Crippen LogP contribution in [-0.2, 0) is 4.57 Å². The molecule has 0 fully saturated rings. The van der Waals surface area contributed by atoms with Crippen LogP contribution < -0.4 is 0 Å². The zero-order valence-electron chi connectivity index (χ0n) is 7.57. The van der Waals surface area contributed by atoms with Crippen LogP contribution in [0.3, 0.4) is 0 Å². The lowest BCUT2D eigenvalue weighted by Crippen LogP contribution is -1.59. The lowest BCUT2D eigenvalue weighted by molar-refractivity contribution is 0.380. The lowest BCUT2D eigenvalue weighted by atomic mass is 10.7. The molecule has 0 amide bonds. The highest BCUT2D eigenvalue weighted by Gasteiger charge is 1.92. The molecule has 15 heavy (non-hydrogen) atoms. The summed E-state index contributed by atoms with van der Waals surface area (Å²) in [6, 6.07) is 0. The van der Waals surface area contributed by atoms with Crippen molar-refractivity contribution in [1.82, 2.24) is 0 Å². The third-order valence-corrected chi connectivity index (χ3v) is 0.521. The van der Waals surface area contributed by atoms with Crippen LogP contribution in [0.2, 0.25) is 0 Å². The highest BCUT2D eigenvalue weighted by atomic mass is 31.1. The van der Waals surface area contributed by atoms with E-state index in [1.54, 1.807) is 0 Å². The molecule has 0 saturated carbocycles. The largest absolute Gasteiger partial charge is 0.324 e. The van der Waals surface area contributed by atoms with Gasteiger partial charge in [0.05, 0.1) is 0 Å². The molecule has 0 saturated heterocycles. The second-order valence-corrected chi connectivity index (χ2v) is 1.83. The number of allylic oxidation sites excluding steroid dienone is 2. The van der Waals surface area contributed by atoms with Gasteiger partial charge in [-0.25, -0.2) is 13.3 Å². The molecule has 0 aromatic heterocycles. The molecular formula is C6H7F6O2P. The van der Waals surface area contributed by atoms with Gasteiger partial charge in [0, 0.05) is 0 Å². The fourth-order valence-corrected chi connectivity index (χ4v) is 0. The van der Waals surface area contributed by atoms with Crippen molar-refractivity contribution in [2.24, 2.45) is 0 Å². The fourth-order valence-electron chi connectivity index (χ4n) is 0. The van der Waals surface area contributed by atoms with Gasteiger partial charge >= 0.3 is 20.8 Å². The molecule has 0 aliphatic heterocycles. The summed E-state index contributed by atoms with van der Waals surface area (Å²) in [5, 5.41) is 0. The van der Waals surface area contributed by atoms with Crippen molar-refractivity contribution in [1.29, 1.82) is 0 Å². The molecule has 0 aliphatic rings. The van der Waals surface area contributed by atoms with Crippen molar-refractivity contribution in [3.05, 3.63) is 23.8 Å².